The van der Waals surface area contributed by atoms with Crippen LogP contribution in [0.2, 0.25) is 0 Å². The fourth-order valence-electron chi connectivity index (χ4n) is 1.48. The monoisotopic (exact) mass is 346 g/mol. The molecule has 0 amide bonds. The second-order valence-corrected chi connectivity index (χ2v) is 5.21. The molecule has 7 heteroatoms. The number of carbonyl (C=O) groups is 1. The van der Waals surface area contributed by atoms with Crippen LogP contribution in [0, 0.1) is 0 Å². The van der Waals surface area contributed by atoms with Crippen LogP contribution < -0.4 is 0 Å². The average molecular weight is 346 g/mol. The molecule has 0 saturated carbocycles. The largest absolute Gasteiger partial charge is 0.460 e. The lowest BCUT2D eigenvalue weighted by Crippen LogP contribution is -2.14. The Labute approximate surface area is 142 Å². The predicted octanol–water partition coefficient (Wildman–Crippen LogP) is 2.11. The summed E-state index contributed by atoms with van der Waals surface area (Å²) in [5.74, 6) is 0.343. The fraction of sp³-hybridized carbons (Fsp3) is 0.533. The van der Waals surface area contributed by atoms with Crippen molar-refractivity contribution in [1.82, 2.24) is 0 Å². The maximum atomic E-state index is 11.7. The Kier molecular flexibility index (Phi) is 11.2. The molecule has 1 rings (SSSR count). The average Bonchev–Trinajstić information content (AvgIpc) is 2.53. The van der Waals surface area contributed by atoms with Gasteiger partial charge in [-0.3, -0.25) is 0 Å². The Morgan fingerprint density at radius 3 is 1.86 bits per heavy atom. The molecule has 0 unspecified atom stereocenters. The minimum absolute atomic E-state index is 0.215. The molecule has 0 heterocycles. The van der Waals surface area contributed by atoms with E-state index in [1.165, 1.54) is 0 Å². The van der Waals surface area contributed by atoms with Gasteiger partial charge in [-0.05, 0) is 24.3 Å². The molecule has 1 aromatic carbocycles. The van der Waals surface area contributed by atoms with E-state index < -0.39 is 0 Å². The molecule has 0 radical (unpaired) electrons. The molecule has 5 nitrogen and oxygen atoms in total. The maximum Gasteiger partial charge on any atom is 0.338 e. The molecule has 0 aliphatic rings. The third-order valence-electron chi connectivity index (χ3n) is 2.54. The highest BCUT2D eigenvalue weighted by Crippen LogP contribution is 2.08. The molecule has 0 aromatic heterocycles. The fourth-order valence-corrected chi connectivity index (χ4v) is 1.76. The molecule has 0 fully saturated rings. The van der Waals surface area contributed by atoms with Crippen LogP contribution in [-0.2, 0) is 18.9 Å². The summed E-state index contributed by atoms with van der Waals surface area (Å²) in [6.45, 7) is 3.23. The Morgan fingerprint density at radius 2 is 1.32 bits per heavy atom. The number of ether oxygens (including phenoxy) is 4. The third-order valence-corrected chi connectivity index (χ3v) is 3.02. The number of benzene rings is 1. The minimum atomic E-state index is -0.366. The summed E-state index contributed by atoms with van der Waals surface area (Å²) in [5.41, 5.74) is 0.502. The first-order valence-electron chi connectivity index (χ1n) is 7.04. The van der Waals surface area contributed by atoms with Crippen molar-refractivity contribution in [2.75, 3.05) is 52.0 Å². The molecule has 0 atom stereocenters. The standard InChI is InChI=1S/C15H22O5S2/c16-15(13-1-3-14(22)4-2-13)20-10-9-18-6-5-17-7-8-19-11-12-21/h1-4,21-22H,5-12H2. The van der Waals surface area contributed by atoms with Crippen LogP contribution >= 0.6 is 25.3 Å². The van der Waals surface area contributed by atoms with E-state index >= 15 is 0 Å². The van der Waals surface area contributed by atoms with Crippen LogP contribution in [0.1, 0.15) is 10.4 Å². The topological polar surface area (TPSA) is 54.0 Å². The van der Waals surface area contributed by atoms with Gasteiger partial charge in [-0.2, -0.15) is 12.6 Å². The lowest BCUT2D eigenvalue weighted by atomic mass is 10.2. The molecule has 0 N–H and O–H groups in total. The zero-order valence-electron chi connectivity index (χ0n) is 12.4. The zero-order valence-corrected chi connectivity index (χ0v) is 14.2. The van der Waals surface area contributed by atoms with Gasteiger partial charge in [0.1, 0.15) is 6.61 Å². The SMILES string of the molecule is O=C(OCCOCCOCCOCCS)c1ccc(S)cc1. The summed E-state index contributed by atoms with van der Waals surface area (Å²) < 4.78 is 20.9. The van der Waals surface area contributed by atoms with E-state index in [1.807, 2.05) is 0 Å². The summed E-state index contributed by atoms with van der Waals surface area (Å²) in [5, 5.41) is 0. The Balaban J connectivity index is 1.93. The van der Waals surface area contributed by atoms with Gasteiger partial charge in [-0.1, -0.05) is 0 Å². The van der Waals surface area contributed by atoms with Crippen LogP contribution in [0.25, 0.3) is 0 Å². The number of carbonyl (C=O) groups excluding carboxylic acids is 1. The van der Waals surface area contributed by atoms with Crippen molar-refractivity contribution < 1.29 is 23.7 Å². The highest BCUT2D eigenvalue weighted by Gasteiger charge is 2.05. The van der Waals surface area contributed by atoms with Crippen LogP contribution in [-0.4, -0.2) is 58.0 Å². The van der Waals surface area contributed by atoms with Gasteiger partial charge in [0.2, 0.25) is 0 Å². The van der Waals surface area contributed by atoms with E-state index in [4.69, 9.17) is 18.9 Å². The number of hydrogen-bond acceptors (Lipinski definition) is 7. The van der Waals surface area contributed by atoms with Crippen molar-refractivity contribution in [3.63, 3.8) is 0 Å². The lowest BCUT2D eigenvalue weighted by Gasteiger charge is -2.07. The van der Waals surface area contributed by atoms with Crippen LogP contribution in [0.5, 0.6) is 0 Å². The van der Waals surface area contributed by atoms with E-state index in [-0.39, 0.29) is 12.6 Å². The molecule has 0 aliphatic carbocycles. The van der Waals surface area contributed by atoms with Crippen LogP contribution in [0.15, 0.2) is 29.2 Å². The highest BCUT2D eigenvalue weighted by atomic mass is 32.1. The van der Waals surface area contributed by atoms with E-state index in [2.05, 4.69) is 25.3 Å². The molecule has 0 spiro atoms. The molecule has 0 bridgehead atoms. The summed E-state index contributed by atoms with van der Waals surface area (Å²) in [6, 6.07) is 6.84. The zero-order chi connectivity index (χ0) is 16.0. The molecule has 0 saturated heterocycles. The van der Waals surface area contributed by atoms with E-state index in [1.54, 1.807) is 24.3 Å². The van der Waals surface area contributed by atoms with Crippen molar-refractivity contribution in [1.29, 1.82) is 0 Å². The molecule has 124 valence electrons. The van der Waals surface area contributed by atoms with Gasteiger partial charge in [-0.15, -0.1) is 12.6 Å². The second kappa shape index (κ2) is 12.8. The minimum Gasteiger partial charge on any atom is -0.460 e. The van der Waals surface area contributed by atoms with Crippen LogP contribution in [0.3, 0.4) is 0 Å². The smallest absolute Gasteiger partial charge is 0.338 e. The van der Waals surface area contributed by atoms with Crippen molar-refractivity contribution in [2.45, 2.75) is 4.90 Å². The number of rotatable bonds is 12. The second-order valence-electron chi connectivity index (χ2n) is 4.24. The van der Waals surface area contributed by atoms with Crippen molar-refractivity contribution >= 4 is 31.2 Å². The van der Waals surface area contributed by atoms with Gasteiger partial charge in [0.05, 0.1) is 45.2 Å². The summed E-state index contributed by atoms with van der Waals surface area (Å²) in [4.78, 5) is 12.5. The van der Waals surface area contributed by atoms with E-state index in [0.29, 0.717) is 51.0 Å². The Morgan fingerprint density at radius 1 is 0.818 bits per heavy atom. The third kappa shape index (κ3) is 9.32. The van der Waals surface area contributed by atoms with Gasteiger partial charge in [-0.25, -0.2) is 4.79 Å². The first-order valence-corrected chi connectivity index (χ1v) is 8.12. The van der Waals surface area contributed by atoms with Gasteiger partial charge in [0.25, 0.3) is 0 Å². The molecule has 0 aliphatic heterocycles. The predicted molar refractivity (Wildman–Crippen MR) is 90.3 cm³/mol. The Hall–Kier alpha value is -0.730. The molecule has 22 heavy (non-hydrogen) atoms. The quantitative estimate of drug-likeness (QED) is 0.345. The molecule has 1 aromatic rings. The molecular weight excluding hydrogens is 324 g/mol. The number of thiol groups is 2. The Bertz CT molecular complexity index is 411. The summed E-state index contributed by atoms with van der Waals surface area (Å²) in [7, 11) is 0. The summed E-state index contributed by atoms with van der Waals surface area (Å²) in [6.07, 6.45) is 0. The normalized spacial score (nSPS) is 10.6. The number of hydrogen-bond donors (Lipinski definition) is 2. The van der Waals surface area contributed by atoms with E-state index in [9.17, 15) is 4.79 Å². The maximum absolute atomic E-state index is 11.7. The molecular formula is C15H22O5S2. The van der Waals surface area contributed by atoms with Gasteiger partial charge >= 0.3 is 5.97 Å². The number of esters is 1. The highest BCUT2D eigenvalue weighted by molar-refractivity contribution is 7.80. The van der Waals surface area contributed by atoms with Crippen molar-refractivity contribution in [3.8, 4) is 0 Å². The first kappa shape index (κ1) is 19.3. The van der Waals surface area contributed by atoms with Crippen molar-refractivity contribution in [3.05, 3.63) is 29.8 Å². The van der Waals surface area contributed by atoms with Gasteiger partial charge in [0.15, 0.2) is 0 Å². The lowest BCUT2D eigenvalue weighted by molar-refractivity contribution is 0.00206. The van der Waals surface area contributed by atoms with Gasteiger partial charge < -0.3 is 18.9 Å². The van der Waals surface area contributed by atoms with Gasteiger partial charge in [0, 0.05) is 10.6 Å². The van der Waals surface area contributed by atoms with E-state index in [0.717, 1.165) is 4.90 Å². The first-order chi connectivity index (χ1) is 10.7. The van der Waals surface area contributed by atoms with Crippen LogP contribution in [0.4, 0.5) is 0 Å². The summed E-state index contributed by atoms with van der Waals surface area (Å²) >= 11 is 8.18. The van der Waals surface area contributed by atoms with Crippen molar-refractivity contribution in [2.24, 2.45) is 0 Å².